The van der Waals surface area contributed by atoms with Crippen molar-refractivity contribution < 1.29 is 8.42 Å². The summed E-state index contributed by atoms with van der Waals surface area (Å²) in [6, 6.07) is -0.129. The van der Waals surface area contributed by atoms with Crippen LogP contribution in [0.4, 0.5) is 0 Å². The highest BCUT2D eigenvalue weighted by molar-refractivity contribution is 7.89. The normalized spacial score (nSPS) is 14.0. The van der Waals surface area contributed by atoms with Gasteiger partial charge in [-0.25, -0.2) is 13.1 Å². The molecule has 8 heteroatoms. The van der Waals surface area contributed by atoms with E-state index in [1.54, 1.807) is 7.05 Å². The average molecular weight is 317 g/mol. The molecule has 0 aliphatic heterocycles. The van der Waals surface area contributed by atoms with E-state index in [-0.39, 0.29) is 11.1 Å². The molecule has 122 valence electrons. The lowest BCUT2D eigenvalue weighted by molar-refractivity contribution is 0.329. The summed E-state index contributed by atoms with van der Waals surface area (Å²) < 4.78 is 27.9. The predicted molar refractivity (Wildman–Crippen MR) is 83.5 cm³/mol. The summed E-state index contributed by atoms with van der Waals surface area (Å²) in [5.74, 6) is 0.413. The van der Waals surface area contributed by atoms with Gasteiger partial charge in [0, 0.05) is 24.7 Å². The van der Waals surface area contributed by atoms with Crippen LogP contribution in [0.25, 0.3) is 0 Å². The van der Waals surface area contributed by atoms with E-state index in [0.717, 1.165) is 6.42 Å². The second-order valence-corrected chi connectivity index (χ2v) is 7.62. The molecule has 0 saturated carbocycles. The Labute approximate surface area is 127 Å². The Morgan fingerprint density at radius 2 is 2.05 bits per heavy atom. The van der Waals surface area contributed by atoms with Crippen molar-refractivity contribution in [3.05, 3.63) is 11.8 Å². The molecule has 1 atom stereocenters. The Morgan fingerprint density at radius 3 is 2.57 bits per heavy atom. The van der Waals surface area contributed by atoms with E-state index >= 15 is 0 Å². The van der Waals surface area contributed by atoms with E-state index in [9.17, 15) is 8.42 Å². The Balaban J connectivity index is 2.91. The number of hydrogen-bond acceptors (Lipinski definition) is 5. The highest BCUT2D eigenvalue weighted by Gasteiger charge is 2.25. The van der Waals surface area contributed by atoms with Crippen LogP contribution >= 0.6 is 0 Å². The summed E-state index contributed by atoms with van der Waals surface area (Å²) in [6.07, 6.45) is 2.32. The summed E-state index contributed by atoms with van der Waals surface area (Å²) >= 11 is 0. The van der Waals surface area contributed by atoms with Crippen LogP contribution in [0.3, 0.4) is 0 Å². The van der Waals surface area contributed by atoms with E-state index in [4.69, 9.17) is 0 Å². The molecule has 0 aliphatic rings. The van der Waals surface area contributed by atoms with Gasteiger partial charge in [-0.15, -0.1) is 0 Å². The van der Waals surface area contributed by atoms with Crippen LogP contribution in [0.1, 0.15) is 25.8 Å². The van der Waals surface area contributed by atoms with Crippen LogP contribution in [0.5, 0.6) is 0 Å². The van der Waals surface area contributed by atoms with Crippen molar-refractivity contribution in [2.45, 2.75) is 37.9 Å². The topological polar surface area (TPSA) is 90.1 Å². The van der Waals surface area contributed by atoms with Gasteiger partial charge in [-0.1, -0.05) is 13.8 Å². The molecule has 7 nitrogen and oxygen atoms in total. The summed E-state index contributed by atoms with van der Waals surface area (Å²) in [7, 11) is 2.04. The third-order valence-electron chi connectivity index (χ3n) is 2.98. The Bertz CT molecular complexity index is 514. The Morgan fingerprint density at radius 1 is 1.38 bits per heavy atom. The smallest absolute Gasteiger partial charge is 0.258 e. The molecule has 0 radical (unpaired) electrons. The highest BCUT2D eigenvalue weighted by Crippen LogP contribution is 2.14. The van der Waals surface area contributed by atoms with E-state index in [1.165, 1.54) is 6.20 Å². The Kier molecular flexibility index (Phi) is 6.79. The SMILES string of the molecule is CNCc1cn[nH]c1S(=O)(=O)NC(CC(C)C)CN(C)C. The molecule has 1 heterocycles. The lowest BCUT2D eigenvalue weighted by atomic mass is 10.0. The van der Waals surface area contributed by atoms with Gasteiger partial charge in [0.25, 0.3) is 10.0 Å². The molecular weight excluding hydrogens is 290 g/mol. The maximum Gasteiger partial charge on any atom is 0.258 e. The highest BCUT2D eigenvalue weighted by atomic mass is 32.2. The van der Waals surface area contributed by atoms with Crippen LogP contribution in [-0.2, 0) is 16.6 Å². The molecule has 1 aromatic heterocycles. The first-order chi connectivity index (χ1) is 9.76. The van der Waals surface area contributed by atoms with Crippen molar-refractivity contribution in [1.82, 2.24) is 25.1 Å². The zero-order valence-corrected chi connectivity index (χ0v) is 14.3. The molecule has 21 heavy (non-hydrogen) atoms. The van der Waals surface area contributed by atoms with Gasteiger partial charge < -0.3 is 10.2 Å². The molecular formula is C13H27N5O2S. The first-order valence-electron chi connectivity index (χ1n) is 7.10. The maximum atomic E-state index is 12.5. The van der Waals surface area contributed by atoms with E-state index in [2.05, 4.69) is 34.1 Å². The third-order valence-corrected chi connectivity index (χ3v) is 4.51. The molecule has 1 rings (SSSR count). The number of sulfonamides is 1. The number of aromatic nitrogens is 2. The van der Waals surface area contributed by atoms with Crippen molar-refractivity contribution in [2.75, 3.05) is 27.7 Å². The van der Waals surface area contributed by atoms with Gasteiger partial charge in [0.05, 0.1) is 6.20 Å². The third kappa shape index (κ3) is 5.74. The minimum Gasteiger partial charge on any atom is -0.316 e. The molecule has 0 aliphatic carbocycles. The fourth-order valence-corrected chi connectivity index (χ4v) is 3.67. The fraction of sp³-hybridized carbons (Fsp3) is 0.769. The molecule has 0 spiro atoms. The molecule has 0 saturated heterocycles. The maximum absolute atomic E-state index is 12.5. The van der Waals surface area contributed by atoms with Gasteiger partial charge in [-0.3, -0.25) is 5.10 Å². The average Bonchev–Trinajstić information content (AvgIpc) is 2.75. The van der Waals surface area contributed by atoms with Gasteiger partial charge in [-0.05, 0) is 33.5 Å². The molecule has 3 N–H and O–H groups in total. The molecule has 1 aromatic rings. The molecule has 0 amide bonds. The second kappa shape index (κ2) is 7.88. The van der Waals surface area contributed by atoms with Gasteiger partial charge in [0.1, 0.15) is 0 Å². The van der Waals surface area contributed by atoms with Crippen molar-refractivity contribution >= 4 is 10.0 Å². The zero-order chi connectivity index (χ0) is 16.0. The summed E-state index contributed by atoms with van der Waals surface area (Å²) in [4.78, 5) is 1.98. The lowest BCUT2D eigenvalue weighted by Crippen LogP contribution is -2.42. The van der Waals surface area contributed by atoms with E-state index < -0.39 is 10.0 Å². The van der Waals surface area contributed by atoms with Crippen LogP contribution in [0, 0.1) is 5.92 Å². The van der Waals surface area contributed by atoms with Crippen molar-refractivity contribution in [3.8, 4) is 0 Å². The summed E-state index contributed by atoms with van der Waals surface area (Å²) in [5, 5.41) is 9.51. The monoisotopic (exact) mass is 317 g/mol. The van der Waals surface area contributed by atoms with Gasteiger partial charge >= 0.3 is 0 Å². The number of rotatable bonds is 9. The number of likely N-dealkylation sites (N-methyl/N-ethyl adjacent to an activating group) is 1. The van der Waals surface area contributed by atoms with Crippen molar-refractivity contribution in [2.24, 2.45) is 5.92 Å². The fourth-order valence-electron chi connectivity index (χ4n) is 2.30. The number of hydrogen-bond donors (Lipinski definition) is 3. The van der Waals surface area contributed by atoms with Gasteiger partial charge in [-0.2, -0.15) is 5.10 Å². The van der Waals surface area contributed by atoms with E-state index in [1.807, 2.05) is 19.0 Å². The standard InChI is InChI=1S/C13H27N5O2S/c1-10(2)6-12(9-18(4)5)17-21(19,20)13-11(7-14-3)8-15-16-13/h8,10,12,14,17H,6-7,9H2,1-5H3,(H,15,16). The van der Waals surface area contributed by atoms with Crippen molar-refractivity contribution in [1.29, 1.82) is 0 Å². The Hall–Kier alpha value is -0.960. The summed E-state index contributed by atoms with van der Waals surface area (Å²) in [6.45, 7) is 5.28. The predicted octanol–water partition coefficient (Wildman–Crippen LogP) is 0.384. The number of H-pyrrole nitrogens is 1. The first-order valence-corrected chi connectivity index (χ1v) is 8.58. The zero-order valence-electron chi connectivity index (χ0n) is 13.5. The number of nitrogens with one attached hydrogen (secondary N) is 3. The van der Waals surface area contributed by atoms with Crippen LogP contribution in [-0.4, -0.2) is 57.2 Å². The minimum atomic E-state index is -3.59. The van der Waals surface area contributed by atoms with Crippen molar-refractivity contribution in [3.63, 3.8) is 0 Å². The first kappa shape index (κ1) is 18.1. The number of nitrogens with zero attached hydrogens (tertiary/aromatic N) is 2. The molecule has 0 bridgehead atoms. The minimum absolute atomic E-state index is 0.129. The van der Waals surface area contributed by atoms with Gasteiger partial charge in [0.2, 0.25) is 0 Å². The molecule has 1 unspecified atom stereocenters. The lowest BCUT2D eigenvalue weighted by Gasteiger charge is -2.23. The van der Waals surface area contributed by atoms with E-state index in [0.29, 0.717) is 24.6 Å². The summed E-state index contributed by atoms with van der Waals surface area (Å²) in [5.41, 5.74) is 0.637. The molecule has 0 aromatic carbocycles. The van der Waals surface area contributed by atoms with Crippen LogP contribution in [0.15, 0.2) is 11.2 Å². The van der Waals surface area contributed by atoms with Crippen LogP contribution in [0.2, 0.25) is 0 Å². The quantitative estimate of drug-likeness (QED) is 0.613. The van der Waals surface area contributed by atoms with Crippen LogP contribution < -0.4 is 10.0 Å². The number of aromatic amines is 1. The van der Waals surface area contributed by atoms with Gasteiger partial charge in [0.15, 0.2) is 5.03 Å². The second-order valence-electron chi connectivity index (χ2n) is 5.96. The largest absolute Gasteiger partial charge is 0.316 e. The molecule has 0 fully saturated rings.